The predicted molar refractivity (Wildman–Crippen MR) is 60.8 cm³/mol. The molecule has 0 aliphatic heterocycles. The van der Waals surface area contributed by atoms with E-state index in [1.807, 2.05) is 0 Å². The molecule has 0 aromatic carbocycles. The van der Waals surface area contributed by atoms with Crippen LogP contribution in [0, 0.1) is 5.92 Å². The lowest BCUT2D eigenvalue weighted by atomic mass is 10.1. The van der Waals surface area contributed by atoms with E-state index in [9.17, 15) is 13.2 Å². The van der Waals surface area contributed by atoms with Gasteiger partial charge in [-0.2, -0.15) is 0 Å². The smallest absolute Gasteiger partial charge is 0.303 e. The number of nitrogens with one attached hydrogen (secondary N) is 1. The molecule has 17 heavy (non-hydrogen) atoms. The van der Waals surface area contributed by atoms with Gasteiger partial charge in [0.25, 0.3) is 0 Å². The van der Waals surface area contributed by atoms with Crippen LogP contribution in [-0.4, -0.2) is 31.0 Å². The molecule has 1 heterocycles. The van der Waals surface area contributed by atoms with Crippen LogP contribution >= 0.6 is 0 Å². The monoisotopic (exact) mass is 258 g/mol. The maximum atomic E-state index is 11.7. The fourth-order valence-electron chi connectivity index (χ4n) is 1.21. The second-order valence-corrected chi connectivity index (χ2v) is 5.51. The molecule has 1 rings (SSSR count). The first-order valence-corrected chi connectivity index (χ1v) is 6.51. The van der Waals surface area contributed by atoms with Gasteiger partial charge in [0, 0.05) is 25.4 Å². The third kappa shape index (κ3) is 4.49. The van der Waals surface area contributed by atoms with Crippen molar-refractivity contribution in [2.75, 3.05) is 6.54 Å². The molecule has 0 amide bonds. The molecule has 7 heteroatoms. The van der Waals surface area contributed by atoms with Gasteiger partial charge < -0.3 is 5.11 Å². The van der Waals surface area contributed by atoms with Crippen LogP contribution in [0.3, 0.4) is 0 Å². The van der Waals surface area contributed by atoms with Crippen molar-refractivity contribution in [3.63, 3.8) is 0 Å². The van der Waals surface area contributed by atoms with Gasteiger partial charge in [0.15, 0.2) is 0 Å². The number of rotatable bonds is 6. The first-order valence-electron chi connectivity index (χ1n) is 5.03. The summed E-state index contributed by atoms with van der Waals surface area (Å²) >= 11 is 0. The molecule has 0 aliphatic carbocycles. The van der Waals surface area contributed by atoms with Gasteiger partial charge >= 0.3 is 5.97 Å². The van der Waals surface area contributed by atoms with Gasteiger partial charge in [-0.25, -0.2) is 13.1 Å². The fraction of sp³-hybridized carbons (Fsp3) is 0.400. The van der Waals surface area contributed by atoms with Crippen molar-refractivity contribution < 1.29 is 18.3 Å². The molecular weight excluding hydrogens is 244 g/mol. The number of sulfonamides is 1. The van der Waals surface area contributed by atoms with Crippen molar-refractivity contribution >= 4 is 16.0 Å². The van der Waals surface area contributed by atoms with Crippen molar-refractivity contribution in [3.8, 4) is 0 Å². The summed E-state index contributed by atoms with van der Waals surface area (Å²) in [5.41, 5.74) is 0. The molecule has 0 radical (unpaired) electrons. The van der Waals surface area contributed by atoms with Gasteiger partial charge in [0.05, 0.1) is 0 Å². The number of nitrogens with zero attached hydrogens (tertiary/aromatic N) is 1. The fourth-order valence-corrected chi connectivity index (χ4v) is 2.34. The van der Waals surface area contributed by atoms with Crippen LogP contribution < -0.4 is 4.72 Å². The highest BCUT2D eigenvalue weighted by molar-refractivity contribution is 7.89. The predicted octanol–water partition coefficient (Wildman–Crippen LogP) is 0.471. The molecule has 6 nitrogen and oxygen atoms in total. The molecule has 2 N–H and O–H groups in total. The number of carboxylic acid groups (broad SMARTS) is 1. The lowest BCUT2D eigenvalue weighted by Crippen LogP contribution is -2.29. The van der Waals surface area contributed by atoms with Gasteiger partial charge in [-0.15, -0.1) is 0 Å². The van der Waals surface area contributed by atoms with E-state index in [0.717, 1.165) is 0 Å². The third-order valence-electron chi connectivity index (χ3n) is 2.09. The van der Waals surface area contributed by atoms with Crippen LogP contribution in [0.25, 0.3) is 0 Å². The Morgan fingerprint density at radius 2 is 2.29 bits per heavy atom. The second-order valence-electron chi connectivity index (χ2n) is 3.74. The maximum absolute atomic E-state index is 11.7. The highest BCUT2D eigenvalue weighted by Crippen LogP contribution is 2.07. The van der Waals surface area contributed by atoms with E-state index in [1.165, 1.54) is 24.5 Å². The Labute approximate surface area is 99.7 Å². The molecule has 0 saturated carbocycles. The summed E-state index contributed by atoms with van der Waals surface area (Å²) in [6.07, 6.45) is 2.64. The summed E-state index contributed by atoms with van der Waals surface area (Å²) in [6, 6.07) is 2.95. The van der Waals surface area contributed by atoms with E-state index < -0.39 is 16.0 Å². The number of carbonyl (C=O) groups is 1. The summed E-state index contributed by atoms with van der Waals surface area (Å²) in [5, 5.41) is 8.54. The number of pyridine rings is 1. The Morgan fingerprint density at radius 1 is 1.59 bits per heavy atom. The van der Waals surface area contributed by atoms with Crippen molar-refractivity contribution in [1.29, 1.82) is 0 Å². The van der Waals surface area contributed by atoms with Crippen molar-refractivity contribution in [2.24, 2.45) is 5.92 Å². The highest BCUT2D eigenvalue weighted by atomic mass is 32.2. The Hall–Kier alpha value is -1.47. The number of carboxylic acids is 1. The molecule has 1 aromatic heterocycles. The van der Waals surface area contributed by atoms with E-state index in [1.54, 1.807) is 6.92 Å². The molecule has 0 spiro atoms. The maximum Gasteiger partial charge on any atom is 0.303 e. The summed E-state index contributed by atoms with van der Waals surface area (Å²) < 4.78 is 25.8. The van der Waals surface area contributed by atoms with Crippen molar-refractivity contribution in [3.05, 3.63) is 24.5 Å². The Bertz CT molecular complexity index is 472. The quantitative estimate of drug-likeness (QED) is 0.773. The lowest BCUT2D eigenvalue weighted by molar-refractivity contribution is -0.137. The normalized spacial score (nSPS) is 13.2. The van der Waals surface area contributed by atoms with Crippen LogP contribution in [0.15, 0.2) is 29.4 Å². The van der Waals surface area contributed by atoms with Gasteiger partial charge in [0.1, 0.15) is 4.90 Å². The minimum Gasteiger partial charge on any atom is -0.481 e. The van der Waals surface area contributed by atoms with E-state index in [2.05, 4.69) is 9.71 Å². The van der Waals surface area contributed by atoms with Crippen LogP contribution in [-0.2, 0) is 14.8 Å². The van der Waals surface area contributed by atoms with Crippen LogP contribution in [0.4, 0.5) is 0 Å². The average Bonchev–Trinajstić information content (AvgIpc) is 2.27. The SMILES string of the molecule is CC(CNS(=O)(=O)c1cccnc1)CC(=O)O. The van der Waals surface area contributed by atoms with E-state index in [4.69, 9.17) is 5.11 Å². The first kappa shape index (κ1) is 13.6. The molecular formula is C10H14N2O4S. The summed E-state index contributed by atoms with van der Waals surface area (Å²) in [4.78, 5) is 14.2. The van der Waals surface area contributed by atoms with Crippen molar-refractivity contribution in [2.45, 2.75) is 18.2 Å². The van der Waals surface area contributed by atoms with Gasteiger partial charge in [-0.1, -0.05) is 6.92 Å². The topological polar surface area (TPSA) is 96.4 Å². The van der Waals surface area contributed by atoms with E-state index >= 15 is 0 Å². The molecule has 0 aliphatic rings. The van der Waals surface area contributed by atoms with Gasteiger partial charge in [-0.3, -0.25) is 9.78 Å². The minimum atomic E-state index is -3.60. The molecule has 0 saturated heterocycles. The molecule has 1 atom stereocenters. The molecule has 0 fully saturated rings. The van der Waals surface area contributed by atoms with Crippen molar-refractivity contribution in [1.82, 2.24) is 9.71 Å². The lowest BCUT2D eigenvalue weighted by Gasteiger charge is -2.10. The summed E-state index contributed by atoms with van der Waals surface area (Å²) in [5.74, 6) is -1.21. The number of aliphatic carboxylic acids is 1. The van der Waals surface area contributed by atoms with Crippen LogP contribution in [0.5, 0.6) is 0 Å². The average molecular weight is 258 g/mol. The molecule has 1 unspecified atom stereocenters. The van der Waals surface area contributed by atoms with Gasteiger partial charge in [0.2, 0.25) is 10.0 Å². The van der Waals surface area contributed by atoms with Crippen LogP contribution in [0.2, 0.25) is 0 Å². The summed E-state index contributed by atoms with van der Waals surface area (Å²) in [6.45, 7) is 1.75. The number of hydrogen-bond donors (Lipinski definition) is 2. The first-order chi connectivity index (χ1) is 7.92. The summed E-state index contributed by atoms with van der Waals surface area (Å²) in [7, 11) is -3.60. The second kappa shape index (κ2) is 5.74. The zero-order valence-electron chi connectivity index (χ0n) is 9.33. The Kier molecular flexibility index (Phi) is 4.59. The molecule has 1 aromatic rings. The number of hydrogen-bond acceptors (Lipinski definition) is 4. The van der Waals surface area contributed by atoms with Gasteiger partial charge in [-0.05, 0) is 18.1 Å². The zero-order chi connectivity index (χ0) is 12.9. The Morgan fingerprint density at radius 3 is 2.82 bits per heavy atom. The van der Waals surface area contributed by atoms with E-state index in [-0.39, 0.29) is 23.8 Å². The molecule has 0 bridgehead atoms. The zero-order valence-corrected chi connectivity index (χ0v) is 10.1. The highest BCUT2D eigenvalue weighted by Gasteiger charge is 2.16. The molecule has 94 valence electrons. The third-order valence-corrected chi connectivity index (χ3v) is 3.50. The minimum absolute atomic E-state index is 0.0718. The van der Waals surface area contributed by atoms with Crippen LogP contribution in [0.1, 0.15) is 13.3 Å². The Balaban J connectivity index is 2.60. The van der Waals surface area contributed by atoms with E-state index in [0.29, 0.717) is 0 Å². The standard InChI is InChI=1S/C10H14N2O4S/c1-8(5-10(13)14)6-12-17(15,16)9-3-2-4-11-7-9/h2-4,7-8,12H,5-6H2,1H3,(H,13,14). The largest absolute Gasteiger partial charge is 0.481 e. The number of aromatic nitrogens is 1.